The number of nitrogens with one attached hydrogen (secondary N) is 1. The third kappa shape index (κ3) is 3.37. The molecule has 0 fully saturated rings. The van der Waals surface area contributed by atoms with Crippen molar-refractivity contribution >= 4 is 5.82 Å². The molecule has 1 aromatic heterocycles. The van der Waals surface area contributed by atoms with Crippen molar-refractivity contribution in [1.29, 1.82) is 0 Å². The fourth-order valence-electron chi connectivity index (χ4n) is 1.58. The Kier molecular flexibility index (Phi) is 3.59. The van der Waals surface area contributed by atoms with Gasteiger partial charge in [-0.05, 0) is 29.8 Å². The van der Waals surface area contributed by atoms with E-state index in [1.807, 2.05) is 0 Å². The summed E-state index contributed by atoms with van der Waals surface area (Å²) in [5.74, 6) is 0.189. The topological polar surface area (TPSA) is 45.2 Å². The van der Waals surface area contributed by atoms with Crippen molar-refractivity contribution in [2.45, 2.75) is 12.7 Å². The first kappa shape index (κ1) is 13.2. The molecule has 2 aromatic rings. The largest absolute Gasteiger partial charge is 0.504 e. The zero-order valence-electron chi connectivity index (χ0n) is 9.78. The second kappa shape index (κ2) is 5.17. The number of alkyl halides is 3. The van der Waals surface area contributed by atoms with Crippen LogP contribution in [0.5, 0.6) is 5.75 Å². The quantitative estimate of drug-likeness (QED) is 0.896. The van der Waals surface area contributed by atoms with Crippen molar-refractivity contribution in [2.24, 2.45) is 0 Å². The van der Waals surface area contributed by atoms with E-state index in [9.17, 15) is 18.3 Å². The SMILES string of the molecule is Oc1cccnc1NCc1cccc(C(F)(F)F)c1. The van der Waals surface area contributed by atoms with Gasteiger partial charge in [0.15, 0.2) is 11.6 Å². The van der Waals surface area contributed by atoms with E-state index >= 15 is 0 Å². The Morgan fingerprint density at radius 3 is 2.63 bits per heavy atom. The monoisotopic (exact) mass is 268 g/mol. The maximum Gasteiger partial charge on any atom is 0.416 e. The zero-order chi connectivity index (χ0) is 13.9. The van der Waals surface area contributed by atoms with E-state index in [1.165, 1.54) is 18.3 Å². The summed E-state index contributed by atoms with van der Waals surface area (Å²) >= 11 is 0. The van der Waals surface area contributed by atoms with Crippen LogP contribution >= 0.6 is 0 Å². The van der Waals surface area contributed by atoms with Crippen LogP contribution in [0, 0.1) is 0 Å². The minimum Gasteiger partial charge on any atom is -0.504 e. The Balaban J connectivity index is 2.10. The van der Waals surface area contributed by atoms with E-state index in [4.69, 9.17) is 0 Å². The highest BCUT2D eigenvalue weighted by molar-refractivity contribution is 5.48. The van der Waals surface area contributed by atoms with E-state index in [1.54, 1.807) is 12.1 Å². The lowest BCUT2D eigenvalue weighted by atomic mass is 10.1. The molecule has 0 radical (unpaired) electrons. The second-order valence-corrected chi connectivity index (χ2v) is 3.92. The molecule has 1 aromatic carbocycles. The maximum atomic E-state index is 12.5. The summed E-state index contributed by atoms with van der Waals surface area (Å²) in [6.07, 6.45) is -2.88. The highest BCUT2D eigenvalue weighted by atomic mass is 19.4. The lowest BCUT2D eigenvalue weighted by Crippen LogP contribution is -2.07. The third-order valence-electron chi connectivity index (χ3n) is 2.50. The van der Waals surface area contributed by atoms with Crippen molar-refractivity contribution in [3.8, 4) is 5.75 Å². The first-order chi connectivity index (χ1) is 8.97. The predicted molar refractivity (Wildman–Crippen MR) is 64.7 cm³/mol. The van der Waals surface area contributed by atoms with Gasteiger partial charge in [0.2, 0.25) is 0 Å². The second-order valence-electron chi connectivity index (χ2n) is 3.92. The number of nitrogens with zero attached hydrogens (tertiary/aromatic N) is 1. The minimum absolute atomic E-state index is 0.0468. The fourth-order valence-corrected chi connectivity index (χ4v) is 1.58. The summed E-state index contributed by atoms with van der Waals surface area (Å²) < 4.78 is 37.6. The standard InChI is InChI=1S/C13H11F3N2O/c14-13(15,16)10-4-1-3-9(7-10)8-18-12-11(19)5-2-6-17-12/h1-7,19H,8H2,(H,17,18). The molecule has 0 atom stereocenters. The summed E-state index contributed by atoms with van der Waals surface area (Å²) in [4.78, 5) is 3.88. The number of hydrogen-bond donors (Lipinski definition) is 2. The highest BCUT2D eigenvalue weighted by Gasteiger charge is 2.30. The number of rotatable bonds is 3. The lowest BCUT2D eigenvalue weighted by Gasteiger charge is -2.10. The van der Waals surface area contributed by atoms with Crippen LogP contribution in [0.4, 0.5) is 19.0 Å². The summed E-state index contributed by atoms with van der Waals surface area (Å²) in [5.41, 5.74) is -0.239. The molecule has 100 valence electrons. The molecule has 2 rings (SSSR count). The van der Waals surface area contributed by atoms with E-state index in [-0.39, 0.29) is 18.1 Å². The van der Waals surface area contributed by atoms with Gasteiger partial charge in [0.25, 0.3) is 0 Å². The molecule has 19 heavy (non-hydrogen) atoms. The van der Waals surface area contributed by atoms with Gasteiger partial charge in [-0.1, -0.05) is 12.1 Å². The Bertz CT molecular complexity index is 570. The number of anilines is 1. The van der Waals surface area contributed by atoms with Crippen LogP contribution in [-0.4, -0.2) is 10.1 Å². The molecule has 0 unspecified atom stereocenters. The average molecular weight is 268 g/mol. The number of aromatic hydroxyl groups is 1. The Morgan fingerprint density at radius 1 is 1.16 bits per heavy atom. The molecular weight excluding hydrogens is 257 g/mol. The fraction of sp³-hybridized carbons (Fsp3) is 0.154. The normalized spacial score (nSPS) is 11.3. The van der Waals surface area contributed by atoms with Gasteiger partial charge in [-0.2, -0.15) is 13.2 Å². The van der Waals surface area contributed by atoms with Gasteiger partial charge in [-0.25, -0.2) is 4.98 Å². The van der Waals surface area contributed by atoms with Crippen molar-refractivity contribution in [1.82, 2.24) is 4.98 Å². The zero-order valence-corrected chi connectivity index (χ0v) is 9.78. The molecule has 0 aliphatic heterocycles. The van der Waals surface area contributed by atoms with Crippen LogP contribution in [0.25, 0.3) is 0 Å². The predicted octanol–water partition coefficient (Wildman–Crippen LogP) is 3.42. The molecule has 0 saturated heterocycles. The van der Waals surface area contributed by atoms with Crippen molar-refractivity contribution < 1.29 is 18.3 Å². The van der Waals surface area contributed by atoms with Gasteiger partial charge < -0.3 is 10.4 Å². The van der Waals surface area contributed by atoms with Crippen molar-refractivity contribution in [3.63, 3.8) is 0 Å². The molecule has 0 spiro atoms. The molecule has 0 saturated carbocycles. The average Bonchev–Trinajstić information content (AvgIpc) is 2.37. The number of benzene rings is 1. The molecule has 0 aliphatic rings. The molecule has 2 N–H and O–H groups in total. The first-order valence-electron chi connectivity index (χ1n) is 5.51. The Hall–Kier alpha value is -2.24. The van der Waals surface area contributed by atoms with E-state index in [0.29, 0.717) is 5.56 Å². The van der Waals surface area contributed by atoms with Crippen molar-refractivity contribution in [3.05, 3.63) is 53.7 Å². The van der Waals surface area contributed by atoms with Crippen LogP contribution in [-0.2, 0) is 12.7 Å². The lowest BCUT2D eigenvalue weighted by molar-refractivity contribution is -0.137. The van der Waals surface area contributed by atoms with Crippen LogP contribution in [0.2, 0.25) is 0 Å². The van der Waals surface area contributed by atoms with Crippen LogP contribution in [0.3, 0.4) is 0 Å². The van der Waals surface area contributed by atoms with Gasteiger partial charge in [0.1, 0.15) is 0 Å². The van der Waals surface area contributed by atoms with Gasteiger partial charge >= 0.3 is 6.18 Å². The van der Waals surface area contributed by atoms with Gasteiger partial charge in [0, 0.05) is 12.7 Å². The van der Waals surface area contributed by atoms with Gasteiger partial charge in [-0.3, -0.25) is 0 Å². The highest BCUT2D eigenvalue weighted by Crippen LogP contribution is 2.29. The molecule has 0 amide bonds. The smallest absolute Gasteiger partial charge is 0.416 e. The Morgan fingerprint density at radius 2 is 1.95 bits per heavy atom. The van der Waals surface area contributed by atoms with Crippen LogP contribution in [0.1, 0.15) is 11.1 Å². The number of halogens is 3. The van der Waals surface area contributed by atoms with E-state index < -0.39 is 11.7 Å². The molecule has 0 bridgehead atoms. The molecule has 3 nitrogen and oxygen atoms in total. The van der Waals surface area contributed by atoms with E-state index in [0.717, 1.165) is 12.1 Å². The Labute approximate surface area is 107 Å². The third-order valence-corrected chi connectivity index (χ3v) is 2.50. The van der Waals surface area contributed by atoms with Gasteiger partial charge in [0.05, 0.1) is 5.56 Å². The first-order valence-corrected chi connectivity index (χ1v) is 5.51. The molecule has 0 aliphatic carbocycles. The number of pyridine rings is 1. The summed E-state index contributed by atoms with van der Waals surface area (Å²) in [6.45, 7) is 0.147. The van der Waals surface area contributed by atoms with E-state index in [2.05, 4.69) is 10.3 Å². The number of hydrogen-bond acceptors (Lipinski definition) is 3. The molecular formula is C13H11F3N2O. The maximum absolute atomic E-state index is 12.5. The number of aromatic nitrogens is 1. The van der Waals surface area contributed by atoms with Gasteiger partial charge in [-0.15, -0.1) is 0 Å². The molecule has 6 heteroatoms. The minimum atomic E-state index is -4.36. The molecule has 1 heterocycles. The van der Waals surface area contributed by atoms with Crippen molar-refractivity contribution in [2.75, 3.05) is 5.32 Å². The summed E-state index contributed by atoms with van der Waals surface area (Å²) in [7, 11) is 0. The van der Waals surface area contributed by atoms with Crippen LogP contribution < -0.4 is 5.32 Å². The summed E-state index contributed by atoms with van der Waals surface area (Å²) in [6, 6.07) is 8.00. The van der Waals surface area contributed by atoms with Crippen LogP contribution in [0.15, 0.2) is 42.6 Å². The summed E-state index contributed by atoms with van der Waals surface area (Å²) in [5, 5.41) is 12.2.